The summed E-state index contributed by atoms with van der Waals surface area (Å²) in [4.78, 5) is 12.7. The molecule has 0 spiro atoms. The van der Waals surface area contributed by atoms with Gasteiger partial charge in [0.1, 0.15) is 12.3 Å². The van der Waals surface area contributed by atoms with Gasteiger partial charge in [-0.1, -0.05) is 25.0 Å². The van der Waals surface area contributed by atoms with Crippen LogP contribution in [0.15, 0.2) is 30.3 Å². The number of rotatable bonds is 5. The van der Waals surface area contributed by atoms with Crippen LogP contribution >= 0.6 is 0 Å². The fraction of sp³-hybridized carbons (Fsp3) is 0.545. The summed E-state index contributed by atoms with van der Waals surface area (Å²) in [6.07, 6.45) is 5.08. The van der Waals surface area contributed by atoms with E-state index in [0.29, 0.717) is 24.3 Å². The summed E-state index contributed by atoms with van der Waals surface area (Å²) >= 11 is 0. The number of benzene rings is 1. The second-order valence-electron chi connectivity index (χ2n) is 8.09. The third-order valence-corrected chi connectivity index (χ3v) is 6.41. The molecular weight excluding hydrogens is 338 g/mol. The van der Waals surface area contributed by atoms with Gasteiger partial charge in [-0.3, -0.25) is 9.48 Å². The van der Waals surface area contributed by atoms with Crippen LogP contribution in [-0.4, -0.2) is 28.8 Å². The second-order valence-corrected chi connectivity index (χ2v) is 8.09. The van der Waals surface area contributed by atoms with Crippen molar-refractivity contribution in [3.8, 4) is 5.75 Å². The highest BCUT2D eigenvalue weighted by Gasteiger charge is 2.51. The molecule has 2 saturated carbocycles. The molecule has 2 aromatic rings. The lowest BCUT2D eigenvalue weighted by Gasteiger charge is -2.55. The van der Waals surface area contributed by atoms with Gasteiger partial charge in [0.15, 0.2) is 0 Å². The zero-order chi connectivity index (χ0) is 19.0. The Kier molecular flexibility index (Phi) is 4.94. The smallest absolute Gasteiger partial charge is 0.241 e. The number of nitrogens with one attached hydrogen (secondary N) is 1. The molecule has 2 fully saturated rings. The molecule has 2 aliphatic rings. The van der Waals surface area contributed by atoms with Gasteiger partial charge in [0.05, 0.1) is 12.8 Å². The largest absolute Gasteiger partial charge is 0.497 e. The van der Waals surface area contributed by atoms with Gasteiger partial charge < -0.3 is 10.1 Å². The van der Waals surface area contributed by atoms with Gasteiger partial charge in [0.2, 0.25) is 5.91 Å². The van der Waals surface area contributed by atoms with Crippen molar-refractivity contribution in [3.05, 3.63) is 47.3 Å². The van der Waals surface area contributed by atoms with E-state index in [0.717, 1.165) is 17.1 Å². The molecule has 2 aliphatic carbocycles. The lowest BCUT2D eigenvalue weighted by Crippen LogP contribution is -2.59. The fourth-order valence-corrected chi connectivity index (χ4v) is 5.15. The zero-order valence-corrected chi connectivity index (χ0v) is 16.4. The molecule has 5 heteroatoms. The Morgan fingerprint density at radius 2 is 1.89 bits per heavy atom. The number of aryl methyl sites for hydroxylation is 2. The van der Waals surface area contributed by atoms with Gasteiger partial charge in [-0.15, -0.1) is 0 Å². The van der Waals surface area contributed by atoms with Crippen LogP contribution in [0.25, 0.3) is 0 Å². The highest BCUT2D eigenvalue weighted by atomic mass is 16.5. The highest BCUT2D eigenvalue weighted by molar-refractivity contribution is 5.76. The maximum absolute atomic E-state index is 12.7. The van der Waals surface area contributed by atoms with E-state index in [-0.39, 0.29) is 11.9 Å². The van der Waals surface area contributed by atoms with Gasteiger partial charge in [-0.25, -0.2) is 0 Å². The van der Waals surface area contributed by atoms with Crippen LogP contribution < -0.4 is 10.1 Å². The first-order chi connectivity index (χ1) is 13.1. The van der Waals surface area contributed by atoms with E-state index in [1.807, 2.05) is 32.0 Å². The van der Waals surface area contributed by atoms with Gasteiger partial charge in [-0.05, 0) is 62.3 Å². The first-order valence-corrected chi connectivity index (χ1v) is 10.0. The Hall–Kier alpha value is -2.30. The van der Waals surface area contributed by atoms with Crippen LogP contribution in [0.2, 0.25) is 0 Å². The number of fused-ring (bicyclic) bond motifs is 1. The van der Waals surface area contributed by atoms with Crippen molar-refractivity contribution in [1.29, 1.82) is 0 Å². The fourth-order valence-electron chi connectivity index (χ4n) is 5.15. The van der Waals surface area contributed by atoms with E-state index < -0.39 is 0 Å². The Labute approximate surface area is 161 Å². The number of ether oxygens (including phenoxy) is 1. The highest BCUT2D eigenvalue weighted by Crippen LogP contribution is 2.54. The van der Waals surface area contributed by atoms with Crippen molar-refractivity contribution >= 4 is 5.91 Å². The van der Waals surface area contributed by atoms with Crippen molar-refractivity contribution in [1.82, 2.24) is 15.1 Å². The van der Waals surface area contributed by atoms with Gasteiger partial charge >= 0.3 is 0 Å². The van der Waals surface area contributed by atoms with E-state index in [1.165, 1.54) is 31.2 Å². The first-order valence-electron chi connectivity index (χ1n) is 10.0. The van der Waals surface area contributed by atoms with E-state index >= 15 is 0 Å². The number of carbonyl (C=O) groups is 1. The Morgan fingerprint density at radius 1 is 1.19 bits per heavy atom. The summed E-state index contributed by atoms with van der Waals surface area (Å²) < 4.78 is 7.09. The third-order valence-electron chi connectivity index (χ3n) is 6.41. The van der Waals surface area contributed by atoms with Crippen molar-refractivity contribution in [3.63, 3.8) is 0 Å². The lowest BCUT2D eigenvalue weighted by molar-refractivity contribution is -0.125. The molecule has 1 aromatic heterocycles. The van der Waals surface area contributed by atoms with Crippen LogP contribution in [0.3, 0.4) is 0 Å². The topological polar surface area (TPSA) is 56.1 Å². The Balaban J connectivity index is 1.49. The summed E-state index contributed by atoms with van der Waals surface area (Å²) in [7, 11) is 1.69. The number of amides is 1. The second kappa shape index (κ2) is 7.37. The molecule has 1 amide bonds. The van der Waals surface area contributed by atoms with E-state index in [1.54, 1.807) is 11.8 Å². The SMILES string of the molecule is COc1ccc([C@H]2[C@@H]3CCCC[C@@H]3[C@@H]2NC(=O)Cn2nc(C)cc2C)cc1. The van der Waals surface area contributed by atoms with Gasteiger partial charge in [-0.2, -0.15) is 5.10 Å². The molecule has 0 saturated heterocycles. The monoisotopic (exact) mass is 367 g/mol. The predicted octanol–water partition coefficient (Wildman–Crippen LogP) is 3.60. The van der Waals surface area contributed by atoms with Gasteiger partial charge in [0.25, 0.3) is 0 Å². The predicted molar refractivity (Wildman–Crippen MR) is 105 cm³/mol. The molecular formula is C22H29N3O2. The minimum absolute atomic E-state index is 0.0636. The normalized spacial score (nSPS) is 26.8. The molecule has 27 heavy (non-hydrogen) atoms. The average molecular weight is 367 g/mol. The van der Waals surface area contributed by atoms with Crippen LogP contribution in [0.1, 0.15) is 48.6 Å². The quantitative estimate of drug-likeness (QED) is 0.878. The summed E-state index contributed by atoms with van der Waals surface area (Å²) in [6.45, 7) is 4.25. The summed E-state index contributed by atoms with van der Waals surface area (Å²) in [5.74, 6) is 2.64. The standard InChI is InChI=1S/C22H29N3O2/c1-14-12-15(2)25(24-14)13-20(26)23-22-19-7-5-4-6-18(19)21(22)16-8-10-17(27-3)11-9-16/h8-12,18-19,21-22H,4-7,13H2,1-3H3,(H,23,26)/t18-,19+,21+,22+/m1/s1. The number of carbonyl (C=O) groups excluding carboxylic acids is 1. The lowest BCUT2D eigenvalue weighted by atomic mass is 9.53. The molecule has 0 aliphatic heterocycles. The summed E-state index contributed by atoms with van der Waals surface area (Å²) in [6, 6.07) is 10.6. The average Bonchev–Trinajstić information content (AvgIpc) is 2.97. The molecule has 1 aromatic carbocycles. The third kappa shape index (κ3) is 3.47. The van der Waals surface area contributed by atoms with Crippen molar-refractivity contribution in [2.24, 2.45) is 11.8 Å². The van der Waals surface area contributed by atoms with Crippen LogP contribution in [0.5, 0.6) is 5.75 Å². The molecule has 0 radical (unpaired) electrons. The molecule has 1 N–H and O–H groups in total. The molecule has 4 rings (SSSR count). The molecule has 5 nitrogen and oxygen atoms in total. The molecule has 144 valence electrons. The van der Waals surface area contributed by atoms with Crippen molar-refractivity contribution in [2.45, 2.75) is 58.0 Å². The molecule has 0 unspecified atom stereocenters. The van der Waals surface area contributed by atoms with Crippen molar-refractivity contribution in [2.75, 3.05) is 7.11 Å². The maximum Gasteiger partial charge on any atom is 0.241 e. The number of aromatic nitrogens is 2. The Morgan fingerprint density at radius 3 is 2.52 bits per heavy atom. The van der Waals surface area contributed by atoms with E-state index in [2.05, 4.69) is 22.5 Å². The first kappa shape index (κ1) is 18.1. The molecule has 4 atom stereocenters. The van der Waals surface area contributed by atoms with Crippen molar-refractivity contribution < 1.29 is 9.53 Å². The minimum atomic E-state index is 0.0636. The van der Waals surface area contributed by atoms with Crippen LogP contribution in [0, 0.1) is 25.7 Å². The molecule has 1 heterocycles. The summed E-state index contributed by atoms with van der Waals surface area (Å²) in [5, 5.41) is 7.77. The van der Waals surface area contributed by atoms with Crippen LogP contribution in [0.4, 0.5) is 0 Å². The number of methoxy groups -OCH3 is 1. The van der Waals surface area contributed by atoms with Crippen LogP contribution in [-0.2, 0) is 11.3 Å². The zero-order valence-electron chi connectivity index (χ0n) is 16.4. The number of hydrogen-bond acceptors (Lipinski definition) is 3. The Bertz CT molecular complexity index is 811. The van der Waals surface area contributed by atoms with Gasteiger partial charge in [0, 0.05) is 17.7 Å². The maximum atomic E-state index is 12.7. The van der Waals surface area contributed by atoms with E-state index in [4.69, 9.17) is 4.74 Å². The number of hydrogen-bond donors (Lipinski definition) is 1. The summed E-state index contributed by atoms with van der Waals surface area (Å²) in [5.41, 5.74) is 3.29. The number of nitrogens with zero attached hydrogens (tertiary/aromatic N) is 2. The van der Waals surface area contributed by atoms with E-state index in [9.17, 15) is 4.79 Å². The molecule has 0 bridgehead atoms. The minimum Gasteiger partial charge on any atom is -0.497 e.